The summed E-state index contributed by atoms with van der Waals surface area (Å²) in [6, 6.07) is 7.63. The smallest absolute Gasteiger partial charge is 0.270 e. The van der Waals surface area contributed by atoms with Gasteiger partial charge < -0.3 is 19.5 Å². The van der Waals surface area contributed by atoms with Crippen molar-refractivity contribution in [2.24, 2.45) is 5.92 Å². The number of piperidine rings is 2. The molecule has 2 aliphatic heterocycles. The molecular formula is C21H27N3O3. The summed E-state index contributed by atoms with van der Waals surface area (Å²) < 4.78 is 5.24. The van der Waals surface area contributed by atoms with E-state index >= 15 is 0 Å². The molecule has 0 saturated carbocycles. The van der Waals surface area contributed by atoms with E-state index in [4.69, 9.17) is 4.74 Å². The largest absolute Gasteiger partial charge is 0.497 e. The molecule has 1 N–H and O–H groups in total. The highest BCUT2D eigenvalue weighted by Crippen LogP contribution is 2.25. The zero-order valence-electron chi connectivity index (χ0n) is 15.9. The molecule has 6 heteroatoms. The molecule has 0 spiro atoms. The molecule has 2 aliphatic rings. The van der Waals surface area contributed by atoms with Crippen LogP contribution >= 0.6 is 0 Å². The molecule has 1 aromatic heterocycles. The molecule has 2 amide bonds. The van der Waals surface area contributed by atoms with Crippen LogP contribution in [0.3, 0.4) is 0 Å². The number of carbonyl (C=O) groups is 2. The molecule has 6 nitrogen and oxygen atoms in total. The number of nitrogens with zero attached hydrogens (tertiary/aromatic N) is 2. The van der Waals surface area contributed by atoms with Crippen LogP contribution in [0, 0.1) is 5.92 Å². The molecule has 0 bridgehead atoms. The first-order valence-corrected chi connectivity index (χ1v) is 9.90. The minimum absolute atomic E-state index is 0.00837. The zero-order valence-corrected chi connectivity index (χ0v) is 15.9. The molecule has 3 heterocycles. The van der Waals surface area contributed by atoms with Gasteiger partial charge in [0.2, 0.25) is 5.91 Å². The second-order valence-corrected chi connectivity index (χ2v) is 7.59. The Morgan fingerprint density at radius 2 is 1.74 bits per heavy atom. The molecule has 144 valence electrons. The summed E-state index contributed by atoms with van der Waals surface area (Å²) in [7, 11) is 1.63. The number of aromatic nitrogens is 1. The summed E-state index contributed by atoms with van der Waals surface area (Å²) in [5, 5.41) is 0.995. The van der Waals surface area contributed by atoms with Gasteiger partial charge in [0.05, 0.1) is 7.11 Å². The van der Waals surface area contributed by atoms with Crippen LogP contribution in [-0.2, 0) is 4.79 Å². The van der Waals surface area contributed by atoms with Crippen LogP contribution in [0.1, 0.15) is 42.6 Å². The lowest BCUT2D eigenvalue weighted by Gasteiger charge is -2.35. The van der Waals surface area contributed by atoms with E-state index in [9.17, 15) is 9.59 Å². The lowest BCUT2D eigenvalue weighted by Crippen LogP contribution is -2.45. The van der Waals surface area contributed by atoms with Crippen LogP contribution in [0.4, 0.5) is 0 Å². The maximum atomic E-state index is 12.9. The fraction of sp³-hybridized carbons (Fsp3) is 0.524. The zero-order chi connectivity index (χ0) is 18.8. The van der Waals surface area contributed by atoms with Crippen LogP contribution in [0.2, 0.25) is 0 Å². The van der Waals surface area contributed by atoms with E-state index in [2.05, 4.69) is 4.98 Å². The normalized spacial score (nSPS) is 18.7. The van der Waals surface area contributed by atoms with E-state index in [0.29, 0.717) is 24.7 Å². The van der Waals surface area contributed by atoms with E-state index < -0.39 is 0 Å². The SMILES string of the molecule is COc1ccc2cc(C(=O)N3CCC(C(=O)N4CCCCC4)CC3)[nH]c2c1. The van der Waals surface area contributed by atoms with Crippen molar-refractivity contribution in [1.29, 1.82) is 0 Å². The number of H-pyrrole nitrogens is 1. The number of fused-ring (bicyclic) bond motifs is 1. The maximum Gasteiger partial charge on any atom is 0.270 e. The van der Waals surface area contributed by atoms with Crippen LogP contribution in [0.5, 0.6) is 5.75 Å². The predicted octanol–water partition coefficient (Wildman–Crippen LogP) is 3.04. The molecule has 27 heavy (non-hydrogen) atoms. The number of amides is 2. The van der Waals surface area contributed by atoms with Crippen molar-refractivity contribution in [2.75, 3.05) is 33.3 Å². The van der Waals surface area contributed by atoms with E-state index in [1.165, 1.54) is 6.42 Å². The number of benzene rings is 1. The standard InChI is InChI=1S/C21H27N3O3/c1-27-17-6-5-16-13-19(22-18(16)14-17)21(26)24-11-7-15(8-12-24)20(25)23-9-3-2-4-10-23/h5-6,13-15,22H,2-4,7-12H2,1H3. The molecule has 0 aliphatic carbocycles. The Kier molecular flexibility index (Phi) is 5.05. The Balaban J connectivity index is 1.39. The first-order chi connectivity index (χ1) is 13.2. The average molecular weight is 369 g/mol. The van der Waals surface area contributed by atoms with E-state index in [0.717, 1.165) is 55.4 Å². The molecular weight excluding hydrogens is 342 g/mol. The fourth-order valence-electron chi connectivity index (χ4n) is 4.22. The number of hydrogen-bond donors (Lipinski definition) is 1. The Bertz CT molecular complexity index is 830. The monoisotopic (exact) mass is 369 g/mol. The Morgan fingerprint density at radius 3 is 2.44 bits per heavy atom. The van der Waals surface area contributed by atoms with Gasteiger partial charge >= 0.3 is 0 Å². The fourth-order valence-corrected chi connectivity index (χ4v) is 4.22. The second kappa shape index (κ2) is 7.62. The van der Waals surface area contributed by atoms with Crippen molar-refractivity contribution < 1.29 is 14.3 Å². The summed E-state index contributed by atoms with van der Waals surface area (Å²) in [6.07, 6.45) is 4.99. The van der Waals surface area contributed by atoms with Crippen LogP contribution in [0.15, 0.2) is 24.3 Å². The van der Waals surface area contributed by atoms with Gasteiger partial charge in [-0.05, 0) is 50.3 Å². The molecule has 0 radical (unpaired) electrons. The quantitative estimate of drug-likeness (QED) is 0.904. The van der Waals surface area contributed by atoms with Gasteiger partial charge in [0.25, 0.3) is 5.91 Å². The third-order valence-corrected chi connectivity index (χ3v) is 5.86. The highest BCUT2D eigenvalue weighted by atomic mass is 16.5. The summed E-state index contributed by atoms with van der Waals surface area (Å²) >= 11 is 0. The number of rotatable bonds is 3. The highest BCUT2D eigenvalue weighted by molar-refractivity contribution is 5.98. The van der Waals surface area contributed by atoms with Gasteiger partial charge in [-0.15, -0.1) is 0 Å². The second-order valence-electron chi connectivity index (χ2n) is 7.59. The maximum absolute atomic E-state index is 12.9. The summed E-state index contributed by atoms with van der Waals surface area (Å²) in [6.45, 7) is 3.08. The van der Waals surface area contributed by atoms with Gasteiger partial charge in [-0.25, -0.2) is 0 Å². The number of aromatic amines is 1. The summed E-state index contributed by atoms with van der Waals surface area (Å²) in [5.41, 5.74) is 1.49. The lowest BCUT2D eigenvalue weighted by molar-refractivity contribution is -0.137. The third kappa shape index (κ3) is 3.66. The minimum atomic E-state index is 0.00837. The van der Waals surface area contributed by atoms with E-state index in [1.54, 1.807) is 7.11 Å². The molecule has 0 unspecified atom stereocenters. The Morgan fingerprint density at radius 1 is 1.00 bits per heavy atom. The Hall–Kier alpha value is -2.50. The van der Waals surface area contributed by atoms with Gasteiger partial charge in [-0.2, -0.15) is 0 Å². The number of carbonyl (C=O) groups excluding carboxylic acids is 2. The number of likely N-dealkylation sites (tertiary alicyclic amines) is 2. The summed E-state index contributed by atoms with van der Waals surface area (Å²) in [5.74, 6) is 1.13. The van der Waals surface area contributed by atoms with E-state index in [1.807, 2.05) is 34.1 Å². The molecule has 2 saturated heterocycles. The van der Waals surface area contributed by atoms with Gasteiger partial charge in [0.1, 0.15) is 11.4 Å². The average Bonchev–Trinajstić information content (AvgIpc) is 3.16. The number of methoxy groups -OCH3 is 1. The van der Waals surface area contributed by atoms with Gasteiger partial charge in [-0.1, -0.05) is 0 Å². The number of ether oxygens (including phenoxy) is 1. The van der Waals surface area contributed by atoms with Gasteiger partial charge in [0.15, 0.2) is 0 Å². The van der Waals surface area contributed by atoms with Crippen molar-refractivity contribution in [3.8, 4) is 5.75 Å². The molecule has 1 aromatic carbocycles. The third-order valence-electron chi connectivity index (χ3n) is 5.86. The lowest BCUT2D eigenvalue weighted by atomic mass is 9.94. The van der Waals surface area contributed by atoms with Crippen molar-refractivity contribution in [3.63, 3.8) is 0 Å². The van der Waals surface area contributed by atoms with Crippen LogP contribution in [-0.4, -0.2) is 59.9 Å². The Labute approximate surface area is 159 Å². The topological polar surface area (TPSA) is 65.6 Å². The highest BCUT2D eigenvalue weighted by Gasteiger charge is 2.31. The molecule has 2 aromatic rings. The first kappa shape index (κ1) is 17.9. The van der Waals surface area contributed by atoms with Crippen LogP contribution < -0.4 is 4.74 Å². The van der Waals surface area contributed by atoms with Crippen molar-refractivity contribution >= 4 is 22.7 Å². The van der Waals surface area contributed by atoms with Crippen molar-refractivity contribution in [1.82, 2.24) is 14.8 Å². The molecule has 4 rings (SSSR count). The van der Waals surface area contributed by atoms with E-state index in [-0.39, 0.29) is 11.8 Å². The van der Waals surface area contributed by atoms with Crippen molar-refractivity contribution in [2.45, 2.75) is 32.1 Å². The minimum Gasteiger partial charge on any atom is -0.497 e. The molecule has 0 atom stereocenters. The van der Waals surface area contributed by atoms with Gasteiger partial charge in [-0.3, -0.25) is 9.59 Å². The van der Waals surface area contributed by atoms with Crippen molar-refractivity contribution in [3.05, 3.63) is 30.0 Å². The van der Waals surface area contributed by atoms with Crippen LogP contribution in [0.25, 0.3) is 10.9 Å². The van der Waals surface area contributed by atoms with Gasteiger partial charge in [0, 0.05) is 49.1 Å². The predicted molar refractivity (Wildman–Crippen MR) is 104 cm³/mol. The molecule has 2 fully saturated rings. The first-order valence-electron chi connectivity index (χ1n) is 9.90. The summed E-state index contributed by atoms with van der Waals surface area (Å²) in [4.78, 5) is 32.6. The number of nitrogens with one attached hydrogen (secondary N) is 1. The number of hydrogen-bond acceptors (Lipinski definition) is 3.